The highest BCUT2D eigenvalue weighted by Crippen LogP contribution is 2.39. The molecule has 0 spiro atoms. The third kappa shape index (κ3) is 4.19. The zero-order valence-corrected chi connectivity index (χ0v) is 13.7. The number of carbonyl (C=O) groups is 1. The summed E-state index contributed by atoms with van der Waals surface area (Å²) in [7, 11) is 0. The molecule has 6 heteroatoms. The molecule has 0 aliphatic carbocycles. The molecule has 1 heterocycles. The van der Waals surface area contributed by atoms with E-state index in [1.807, 2.05) is 0 Å². The van der Waals surface area contributed by atoms with E-state index in [-0.39, 0.29) is 6.54 Å². The fourth-order valence-corrected chi connectivity index (χ4v) is 2.85. The first kappa shape index (κ1) is 17.7. The van der Waals surface area contributed by atoms with Crippen LogP contribution in [0.3, 0.4) is 0 Å². The molecule has 0 saturated carbocycles. The average Bonchev–Trinajstić information content (AvgIpc) is 2.46. The molecule has 1 amide bonds. The van der Waals surface area contributed by atoms with Gasteiger partial charge in [-0.05, 0) is 44.9 Å². The van der Waals surface area contributed by atoms with Gasteiger partial charge in [-0.25, -0.2) is 13.6 Å². The highest BCUT2D eigenvalue weighted by atomic mass is 19.1. The molecule has 1 aromatic rings. The number of ether oxygens (including phenoxy) is 1. The zero-order chi connectivity index (χ0) is 17.3. The fourth-order valence-electron chi connectivity index (χ4n) is 2.85. The minimum atomic E-state index is -1.98. The number of rotatable bonds is 2. The van der Waals surface area contributed by atoms with E-state index in [9.17, 15) is 14.3 Å². The van der Waals surface area contributed by atoms with Gasteiger partial charge in [0.2, 0.25) is 0 Å². The lowest BCUT2D eigenvalue weighted by Crippen LogP contribution is -2.54. The quantitative estimate of drug-likeness (QED) is 0.907. The van der Waals surface area contributed by atoms with Crippen molar-refractivity contribution in [2.45, 2.75) is 44.4 Å². The maximum absolute atomic E-state index is 15.2. The van der Waals surface area contributed by atoms with Gasteiger partial charge in [0.05, 0.1) is 13.2 Å². The average molecular weight is 327 g/mol. The molecule has 1 saturated heterocycles. The molecule has 2 atom stereocenters. The minimum absolute atomic E-state index is 0.250. The fraction of sp³-hybridized carbons (Fsp3) is 0.588. The van der Waals surface area contributed by atoms with Gasteiger partial charge in [0.15, 0.2) is 5.67 Å². The number of likely N-dealkylation sites (tertiary alicyclic amines) is 1. The van der Waals surface area contributed by atoms with Crippen LogP contribution in [0.1, 0.15) is 38.7 Å². The van der Waals surface area contributed by atoms with Gasteiger partial charge < -0.3 is 14.7 Å². The van der Waals surface area contributed by atoms with Crippen molar-refractivity contribution in [2.24, 2.45) is 0 Å². The molecule has 1 aromatic carbocycles. The summed E-state index contributed by atoms with van der Waals surface area (Å²) in [5, 5.41) is 9.54. The summed E-state index contributed by atoms with van der Waals surface area (Å²) >= 11 is 0. The Labute approximate surface area is 135 Å². The highest BCUT2D eigenvalue weighted by Gasteiger charge is 2.46. The molecule has 0 aromatic heterocycles. The van der Waals surface area contributed by atoms with Crippen LogP contribution in [-0.4, -0.2) is 47.1 Å². The number of aliphatic hydroxyl groups is 1. The van der Waals surface area contributed by atoms with Crippen LogP contribution < -0.4 is 0 Å². The Hall–Kier alpha value is -1.69. The number of carbonyl (C=O) groups excluding carboxylic acids is 1. The van der Waals surface area contributed by atoms with Gasteiger partial charge in [0, 0.05) is 12.5 Å². The molecule has 4 nitrogen and oxygen atoms in total. The minimum Gasteiger partial charge on any atom is -0.444 e. The first-order valence-electron chi connectivity index (χ1n) is 7.68. The lowest BCUT2D eigenvalue weighted by molar-refractivity contribution is -0.0345. The van der Waals surface area contributed by atoms with Crippen LogP contribution in [0.25, 0.3) is 0 Å². The van der Waals surface area contributed by atoms with E-state index in [4.69, 9.17) is 4.74 Å². The van der Waals surface area contributed by atoms with E-state index in [1.165, 1.54) is 29.2 Å². The van der Waals surface area contributed by atoms with Crippen molar-refractivity contribution in [3.05, 3.63) is 35.6 Å². The lowest BCUT2D eigenvalue weighted by Gasteiger charge is -2.42. The predicted molar refractivity (Wildman–Crippen MR) is 82.5 cm³/mol. The lowest BCUT2D eigenvalue weighted by atomic mass is 9.78. The molecule has 1 aliphatic rings. The van der Waals surface area contributed by atoms with E-state index in [0.717, 1.165) is 0 Å². The number of alkyl halides is 1. The van der Waals surface area contributed by atoms with Crippen LogP contribution in [0.15, 0.2) is 24.3 Å². The monoisotopic (exact) mass is 327 g/mol. The summed E-state index contributed by atoms with van der Waals surface area (Å²) in [6.07, 6.45) is -0.257. The van der Waals surface area contributed by atoms with Gasteiger partial charge in [-0.2, -0.15) is 0 Å². The number of hydrogen-bond donors (Lipinski definition) is 1. The van der Waals surface area contributed by atoms with Gasteiger partial charge in [-0.3, -0.25) is 0 Å². The van der Waals surface area contributed by atoms with Crippen molar-refractivity contribution < 1.29 is 23.4 Å². The van der Waals surface area contributed by atoms with E-state index in [0.29, 0.717) is 18.5 Å². The molecule has 1 aliphatic heterocycles. The van der Waals surface area contributed by atoms with Gasteiger partial charge in [0.1, 0.15) is 11.4 Å². The smallest absolute Gasteiger partial charge is 0.410 e. The topological polar surface area (TPSA) is 49.8 Å². The van der Waals surface area contributed by atoms with Crippen LogP contribution in [0, 0.1) is 5.82 Å². The first-order valence-corrected chi connectivity index (χ1v) is 7.68. The number of amides is 1. The zero-order valence-electron chi connectivity index (χ0n) is 13.7. The molecule has 0 radical (unpaired) electrons. The summed E-state index contributed by atoms with van der Waals surface area (Å²) in [4.78, 5) is 13.4. The molecule has 0 bridgehead atoms. The Kier molecular flexibility index (Phi) is 4.94. The van der Waals surface area contributed by atoms with Crippen molar-refractivity contribution in [3.8, 4) is 0 Å². The van der Waals surface area contributed by atoms with Crippen LogP contribution in [0.5, 0.6) is 0 Å². The van der Waals surface area contributed by atoms with E-state index in [1.54, 1.807) is 20.8 Å². The third-order valence-corrected chi connectivity index (χ3v) is 3.95. The van der Waals surface area contributed by atoms with Gasteiger partial charge in [-0.15, -0.1) is 0 Å². The molecular weight excluding hydrogens is 304 g/mol. The second-order valence-electron chi connectivity index (χ2n) is 6.99. The summed E-state index contributed by atoms with van der Waals surface area (Å²) in [5.74, 6) is -0.986. The third-order valence-electron chi connectivity index (χ3n) is 3.95. The molecule has 1 fully saturated rings. The van der Waals surface area contributed by atoms with Crippen LogP contribution >= 0.6 is 0 Å². The van der Waals surface area contributed by atoms with Crippen molar-refractivity contribution in [2.75, 3.05) is 19.7 Å². The number of benzene rings is 1. The largest absolute Gasteiger partial charge is 0.444 e. The van der Waals surface area contributed by atoms with Crippen LogP contribution in [0.2, 0.25) is 0 Å². The predicted octanol–water partition coefficient (Wildman–Crippen LogP) is 3.25. The second kappa shape index (κ2) is 6.43. The molecule has 128 valence electrons. The van der Waals surface area contributed by atoms with Gasteiger partial charge in [0.25, 0.3) is 0 Å². The van der Waals surface area contributed by atoms with E-state index < -0.39 is 35.7 Å². The SMILES string of the molecule is CC(C)(C)OC(=O)N1CCC(c2ccc(F)cc2)C(F)(CO)C1. The molecule has 2 unspecified atom stereocenters. The maximum Gasteiger partial charge on any atom is 0.410 e. The maximum atomic E-state index is 15.2. The van der Waals surface area contributed by atoms with E-state index in [2.05, 4.69) is 0 Å². The highest BCUT2D eigenvalue weighted by molar-refractivity contribution is 5.68. The van der Waals surface area contributed by atoms with Crippen molar-refractivity contribution >= 4 is 6.09 Å². The summed E-state index contributed by atoms with van der Waals surface area (Å²) < 4.78 is 33.5. The second-order valence-corrected chi connectivity index (χ2v) is 6.99. The Balaban J connectivity index is 2.16. The molecule has 1 N–H and O–H groups in total. The molecule has 2 rings (SSSR count). The standard InChI is InChI=1S/C17H23F2NO3/c1-16(2,3)23-15(22)20-9-8-14(17(19,10-20)11-21)12-4-6-13(18)7-5-12/h4-7,14,21H,8-11H2,1-3H3. The Morgan fingerprint density at radius 3 is 2.52 bits per heavy atom. The van der Waals surface area contributed by atoms with Crippen molar-refractivity contribution in [3.63, 3.8) is 0 Å². The van der Waals surface area contributed by atoms with E-state index >= 15 is 4.39 Å². The molecule has 23 heavy (non-hydrogen) atoms. The summed E-state index contributed by atoms with van der Waals surface area (Å²) in [5.41, 5.74) is -2.03. The Bertz CT molecular complexity index is 556. The Morgan fingerprint density at radius 1 is 1.39 bits per heavy atom. The van der Waals surface area contributed by atoms with Crippen LogP contribution in [0.4, 0.5) is 13.6 Å². The van der Waals surface area contributed by atoms with Gasteiger partial charge >= 0.3 is 6.09 Å². The first-order chi connectivity index (χ1) is 10.6. The van der Waals surface area contributed by atoms with Gasteiger partial charge in [-0.1, -0.05) is 12.1 Å². The van der Waals surface area contributed by atoms with Crippen molar-refractivity contribution in [1.29, 1.82) is 0 Å². The molecular formula is C17H23F2NO3. The van der Waals surface area contributed by atoms with Crippen LogP contribution in [-0.2, 0) is 4.74 Å². The summed E-state index contributed by atoms with van der Waals surface area (Å²) in [6, 6.07) is 5.58. The number of hydrogen-bond acceptors (Lipinski definition) is 3. The number of piperidine rings is 1. The number of nitrogens with zero attached hydrogens (tertiary/aromatic N) is 1. The number of aliphatic hydroxyl groups excluding tert-OH is 1. The number of halogens is 2. The normalized spacial score (nSPS) is 25.3. The Morgan fingerprint density at radius 2 is 2.00 bits per heavy atom. The summed E-state index contributed by atoms with van der Waals surface area (Å²) in [6.45, 7) is 4.58. The van der Waals surface area contributed by atoms with Crippen molar-refractivity contribution in [1.82, 2.24) is 4.90 Å².